The molecule has 0 bridgehead atoms. The standard InChI is InChI=1S/C8H12N2O2S2/c9-10-8(12)7-6(1-3-14-7)5-13-4-2-11/h1,3,11H,2,4-5,9H2,(H,10,12). The van der Waals surface area contributed by atoms with Gasteiger partial charge in [-0.05, 0) is 17.0 Å². The average Bonchev–Trinajstić information content (AvgIpc) is 2.65. The van der Waals surface area contributed by atoms with Crippen molar-refractivity contribution in [2.24, 2.45) is 5.84 Å². The quantitative estimate of drug-likeness (QED) is 0.300. The number of amides is 1. The predicted octanol–water partition coefficient (Wildman–Crippen LogP) is 0.577. The third-order valence-electron chi connectivity index (χ3n) is 1.58. The monoisotopic (exact) mass is 232 g/mol. The molecule has 0 saturated carbocycles. The van der Waals surface area contributed by atoms with Crippen LogP contribution < -0.4 is 11.3 Å². The molecule has 1 aromatic heterocycles. The summed E-state index contributed by atoms with van der Waals surface area (Å²) in [6, 6.07) is 1.90. The molecule has 1 aromatic rings. The van der Waals surface area contributed by atoms with Gasteiger partial charge in [0.15, 0.2) is 0 Å². The van der Waals surface area contributed by atoms with E-state index in [1.807, 2.05) is 11.4 Å². The molecular formula is C8H12N2O2S2. The van der Waals surface area contributed by atoms with Crippen molar-refractivity contribution < 1.29 is 9.90 Å². The number of thiophene rings is 1. The summed E-state index contributed by atoms with van der Waals surface area (Å²) in [5.41, 5.74) is 3.08. The molecule has 0 radical (unpaired) electrons. The molecule has 1 heterocycles. The minimum Gasteiger partial charge on any atom is -0.396 e. The van der Waals surface area contributed by atoms with Crippen molar-refractivity contribution in [2.45, 2.75) is 5.75 Å². The summed E-state index contributed by atoms with van der Waals surface area (Å²) in [5, 5.41) is 10.5. The summed E-state index contributed by atoms with van der Waals surface area (Å²) < 4.78 is 0. The average molecular weight is 232 g/mol. The molecule has 0 aliphatic heterocycles. The molecule has 0 atom stereocenters. The molecule has 0 saturated heterocycles. The largest absolute Gasteiger partial charge is 0.396 e. The molecule has 4 N–H and O–H groups in total. The number of hydrogen-bond donors (Lipinski definition) is 3. The lowest BCUT2D eigenvalue weighted by Crippen LogP contribution is -2.29. The Bertz CT molecular complexity index is 301. The van der Waals surface area contributed by atoms with Crippen molar-refractivity contribution >= 4 is 29.0 Å². The van der Waals surface area contributed by atoms with Crippen molar-refractivity contribution in [2.75, 3.05) is 12.4 Å². The maximum absolute atomic E-state index is 11.2. The van der Waals surface area contributed by atoms with E-state index in [9.17, 15) is 4.79 Å². The van der Waals surface area contributed by atoms with Crippen LogP contribution in [0.2, 0.25) is 0 Å². The number of carbonyl (C=O) groups is 1. The third kappa shape index (κ3) is 2.98. The minimum absolute atomic E-state index is 0.160. The zero-order valence-electron chi connectivity index (χ0n) is 7.53. The van der Waals surface area contributed by atoms with Gasteiger partial charge in [-0.2, -0.15) is 11.8 Å². The molecule has 0 aliphatic rings. The number of nitrogen functional groups attached to an aromatic ring is 1. The number of rotatable bonds is 5. The maximum atomic E-state index is 11.2. The number of aliphatic hydroxyl groups is 1. The number of nitrogens with one attached hydrogen (secondary N) is 1. The van der Waals surface area contributed by atoms with E-state index in [0.29, 0.717) is 10.6 Å². The van der Waals surface area contributed by atoms with Crippen LogP contribution in [0.4, 0.5) is 0 Å². The molecule has 78 valence electrons. The molecule has 14 heavy (non-hydrogen) atoms. The van der Waals surface area contributed by atoms with Crippen LogP contribution in [-0.4, -0.2) is 23.4 Å². The van der Waals surface area contributed by atoms with Gasteiger partial charge in [0.05, 0.1) is 11.5 Å². The Morgan fingerprint density at radius 3 is 3.14 bits per heavy atom. The Hall–Kier alpha value is -0.560. The zero-order valence-corrected chi connectivity index (χ0v) is 9.16. The van der Waals surface area contributed by atoms with Crippen molar-refractivity contribution in [1.82, 2.24) is 5.43 Å². The number of aliphatic hydroxyl groups excluding tert-OH is 1. The highest BCUT2D eigenvalue weighted by molar-refractivity contribution is 7.98. The fraction of sp³-hybridized carbons (Fsp3) is 0.375. The van der Waals surface area contributed by atoms with Crippen molar-refractivity contribution in [3.63, 3.8) is 0 Å². The maximum Gasteiger partial charge on any atom is 0.275 e. The summed E-state index contributed by atoms with van der Waals surface area (Å²) >= 11 is 2.96. The molecule has 1 amide bonds. The molecule has 0 fully saturated rings. The van der Waals surface area contributed by atoms with Crippen LogP contribution >= 0.6 is 23.1 Å². The van der Waals surface area contributed by atoms with E-state index in [2.05, 4.69) is 5.43 Å². The molecular weight excluding hydrogens is 220 g/mol. The second-order valence-corrected chi connectivity index (χ2v) is 4.55. The predicted molar refractivity (Wildman–Crippen MR) is 59.2 cm³/mol. The van der Waals surface area contributed by atoms with E-state index < -0.39 is 0 Å². The van der Waals surface area contributed by atoms with Gasteiger partial charge in [0.1, 0.15) is 0 Å². The topological polar surface area (TPSA) is 75.3 Å². The highest BCUT2D eigenvalue weighted by Gasteiger charge is 2.11. The lowest BCUT2D eigenvalue weighted by molar-refractivity contribution is 0.0957. The van der Waals surface area contributed by atoms with Gasteiger partial charge >= 0.3 is 0 Å². The first-order valence-corrected chi connectivity index (χ1v) is 6.09. The van der Waals surface area contributed by atoms with E-state index in [1.54, 1.807) is 11.8 Å². The highest BCUT2D eigenvalue weighted by Crippen LogP contribution is 2.21. The summed E-state index contributed by atoms with van der Waals surface area (Å²) in [6.45, 7) is 0.160. The normalized spacial score (nSPS) is 10.1. The molecule has 1 rings (SSSR count). The fourth-order valence-electron chi connectivity index (χ4n) is 0.961. The molecule has 6 heteroatoms. The van der Waals surface area contributed by atoms with Crippen LogP contribution in [0.15, 0.2) is 11.4 Å². The van der Waals surface area contributed by atoms with E-state index in [1.165, 1.54) is 11.3 Å². The van der Waals surface area contributed by atoms with Crippen LogP contribution in [0, 0.1) is 0 Å². The van der Waals surface area contributed by atoms with E-state index >= 15 is 0 Å². The first-order chi connectivity index (χ1) is 6.79. The molecule has 0 aliphatic carbocycles. The fourth-order valence-corrected chi connectivity index (χ4v) is 2.61. The second-order valence-electron chi connectivity index (χ2n) is 2.52. The van der Waals surface area contributed by atoms with Crippen molar-refractivity contribution in [3.8, 4) is 0 Å². The van der Waals surface area contributed by atoms with Gasteiger partial charge in [-0.25, -0.2) is 5.84 Å². The van der Waals surface area contributed by atoms with E-state index in [4.69, 9.17) is 10.9 Å². The zero-order chi connectivity index (χ0) is 10.4. The molecule has 0 aromatic carbocycles. The number of hydrogen-bond acceptors (Lipinski definition) is 5. The lowest BCUT2D eigenvalue weighted by atomic mass is 10.3. The summed E-state index contributed by atoms with van der Waals surface area (Å²) in [4.78, 5) is 11.9. The van der Waals surface area contributed by atoms with Crippen LogP contribution in [0.5, 0.6) is 0 Å². The summed E-state index contributed by atoms with van der Waals surface area (Å²) in [5.74, 6) is 6.21. The first kappa shape index (κ1) is 11.5. The van der Waals surface area contributed by atoms with E-state index in [0.717, 1.165) is 11.3 Å². The number of nitrogens with two attached hydrogens (primary N) is 1. The second kappa shape index (κ2) is 6.02. The Morgan fingerprint density at radius 1 is 1.71 bits per heavy atom. The lowest BCUT2D eigenvalue weighted by Gasteiger charge is -2.01. The van der Waals surface area contributed by atoms with Gasteiger partial charge in [0.2, 0.25) is 0 Å². The van der Waals surface area contributed by atoms with Gasteiger partial charge in [-0.3, -0.25) is 10.2 Å². The molecule has 0 unspecified atom stereocenters. The van der Waals surface area contributed by atoms with Crippen LogP contribution in [0.3, 0.4) is 0 Å². The summed E-state index contributed by atoms with van der Waals surface area (Å²) in [6.07, 6.45) is 0. The van der Waals surface area contributed by atoms with Crippen LogP contribution in [0.1, 0.15) is 15.2 Å². The van der Waals surface area contributed by atoms with Crippen molar-refractivity contribution in [3.05, 3.63) is 21.9 Å². The SMILES string of the molecule is NNC(=O)c1sccc1CSCCO. The highest BCUT2D eigenvalue weighted by atomic mass is 32.2. The number of carbonyl (C=O) groups excluding carboxylic acids is 1. The third-order valence-corrected chi connectivity index (χ3v) is 3.52. The van der Waals surface area contributed by atoms with Gasteiger partial charge in [-0.15, -0.1) is 11.3 Å². The van der Waals surface area contributed by atoms with E-state index in [-0.39, 0.29) is 12.5 Å². The minimum atomic E-state index is -0.250. The molecule has 0 spiro atoms. The van der Waals surface area contributed by atoms with Crippen LogP contribution in [-0.2, 0) is 5.75 Å². The Labute approximate surface area is 90.5 Å². The Morgan fingerprint density at radius 2 is 2.50 bits per heavy atom. The van der Waals surface area contributed by atoms with Crippen molar-refractivity contribution in [1.29, 1.82) is 0 Å². The first-order valence-electron chi connectivity index (χ1n) is 4.05. The molecule has 4 nitrogen and oxygen atoms in total. The number of hydrazine groups is 1. The van der Waals surface area contributed by atoms with Gasteiger partial charge in [0, 0.05) is 11.5 Å². The van der Waals surface area contributed by atoms with Gasteiger partial charge in [0.25, 0.3) is 5.91 Å². The van der Waals surface area contributed by atoms with Gasteiger partial charge in [-0.1, -0.05) is 0 Å². The Kier molecular flexibility index (Phi) is 4.95. The van der Waals surface area contributed by atoms with Crippen LogP contribution in [0.25, 0.3) is 0 Å². The smallest absolute Gasteiger partial charge is 0.275 e. The van der Waals surface area contributed by atoms with Gasteiger partial charge < -0.3 is 5.11 Å². The summed E-state index contributed by atoms with van der Waals surface area (Å²) in [7, 11) is 0. The Balaban J connectivity index is 2.58. The number of thioether (sulfide) groups is 1.